The molecule has 2 aromatic heterocycles. The van der Waals surface area contributed by atoms with E-state index in [0.29, 0.717) is 18.2 Å². The Bertz CT molecular complexity index is 822. The summed E-state index contributed by atoms with van der Waals surface area (Å²) in [5.74, 6) is 1.24. The zero-order valence-electron chi connectivity index (χ0n) is 13.3. The maximum Gasteiger partial charge on any atom is 0.384 e. The summed E-state index contributed by atoms with van der Waals surface area (Å²) >= 11 is 0. The molecular weight excluding hydrogens is 331 g/mol. The lowest BCUT2D eigenvalue weighted by molar-refractivity contribution is 0.286. The van der Waals surface area contributed by atoms with E-state index in [4.69, 9.17) is 17.9 Å². The molecule has 0 amide bonds. The van der Waals surface area contributed by atoms with Crippen LogP contribution in [-0.2, 0) is 20.2 Å². The summed E-state index contributed by atoms with van der Waals surface area (Å²) in [4.78, 5) is 4.32. The third kappa shape index (κ3) is 3.28. The van der Waals surface area contributed by atoms with Crippen molar-refractivity contribution in [2.75, 3.05) is 19.5 Å². The number of nitrogens with zero attached hydrogens (tertiary/aromatic N) is 1. The van der Waals surface area contributed by atoms with Gasteiger partial charge in [-0.2, -0.15) is 4.98 Å². The van der Waals surface area contributed by atoms with E-state index in [9.17, 15) is 4.57 Å². The molecule has 0 atom stereocenters. The number of nitrogens with one attached hydrogen (secondary N) is 1. The van der Waals surface area contributed by atoms with Gasteiger partial charge in [0.2, 0.25) is 17.2 Å². The lowest BCUT2D eigenvalue weighted by atomic mass is 10.2. The van der Waals surface area contributed by atoms with Gasteiger partial charge >= 0.3 is 7.60 Å². The fraction of sp³-hybridized carbons (Fsp3) is 0.188. The van der Waals surface area contributed by atoms with Crippen LogP contribution in [0.1, 0.15) is 5.76 Å². The highest BCUT2D eigenvalue weighted by Crippen LogP contribution is 2.47. The van der Waals surface area contributed by atoms with Gasteiger partial charge in [-0.1, -0.05) is 18.2 Å². The van der Waals surface area contributed by atoms with Gasteiger partial charge in [0.05, 0.1) is 12.8 Å². The van der Waals surface area contributed by atoms with Crippen molar-refractivity contribution in [3.05, 3.63) is 54.5 Å². The molecule has 8 heteroatoms. The van der Waals surface area contributed by atoms with Crippen LogP contribution < -0.4 is 10.8 Å². The van der Waals surface area contributed by atoms with Crippen molar-refractivity contribution < 1.29 is 22.4 Å². The second-order valence-electron chi connectivity index (χ2n) is 4.83. The van der Waals surface area contributed by atoms with E-state index in [1.807, 2.05) is 36.4 Å². The van der Waals surface area contributed by atoms with E-state index in [2.05, 4.69) is 10.3 Å². The number of anilines is 1. The highest BCUT2D eigenvalue weighted by Gasteiger charge is 2.34. The fourth-order valence-electron chi connectivity index (χ4n) is 2.15. The molecule has 0 spiro atoms. The molecule has 3 aromatic rings. The SMILES string of the molecule is COP(=O)(OC)c1nc(-c2ccccc2)oc1NCc1ccco1. The van der Waals surface area contributed by atoms with Crippen molar-refractivity contribution >= 4 is 18.9 Å². The average Bonchev–Trinajstić information content (AvgIpc) is 3.30. The van der Waals surface area contributed by atoms with Gasteiger partial charge in [0, 0.05) is 19.8 Å². The smallest absolute Gasteiger partial charge is 0.384 e. The first-order chi connectivity index (χ1) is 11.7. The highest BCUT2D eigenvalue weighted by molar-refractivity contribution is 7.62. The van der Waals surface area contributed by atoms with Gasteiger partial charge in [-0.05, 0) is 24.3 Å². The monoisotopic (exact) mass is 348 g/mol. The van der Waals surface area contributed by atoms with Gasteiger partial charge in [-0.15, -0.1) is 0 Å². The Hall–Kier alpha value is -2.34. The number of hydrogen-bond acceptors (Lipinski definition) is 7. The first kappa shape index (κ1) is 16.5. The van der Waals surface area contributed by atoms with Crippen molar-refractivity contribution in [2.45, 2.75) is 6.54 Å². The van der Waals surface area contributed by atoms with Crippen LogP contribution in [0.3, 0.4) is 0 Å². The molecule has 3 rings (SSSR count). The summed E-state index contributed by atoms with van der Waals surface area (Å²) in [6, 6.07) is 12.9. The van der Waals surface area contributed by atoms with Gasteiger partial charge in [0.1, 0.15) is 5.76 Å². The van der Waals surface area contributed by atoms with E-state index in [-0.39, 0.29) is 11.3 Å². The second-order valence-corrected chi connectivity index (χ2v) is 6.98. The molecule has 24 heavy (non-hydrogen) atoms. The molecule has 0 aliphatic rings. The van der Waals surface area contributed by atoms with Crippen molar-refractivity contribution in [1.82, 2.24) is 4.98 Å². The summed E-state index contributed by atoms with van der Waals surface area (Å²) in [6.45, 7) is 0.344. The average molecular weight is 348 g/mol. The van der Waals surface area contributed by atoms with Gasteiger partial charge in [-0.25, -0.2) is 0 Å². The third-order valence-corrected chi connectivity index (χ3v) is 5.16. The normalized spacial score (nSPS) is 11.6. The van der Waals surface area contributed by atoms with Crippen LogP contribution >= 0.6 is 7.60 Å². The van der Waals surface area contributed by atoms with Crippen molar-refractivity contribution in [1.29, 1.82) is 0 Å². The van der Waals surface area contributed by atoms with Crippen LogP contribution in [0.5, 0.6) is 0 Å². The number of rotatable bonds is 7. The Morgan fingerprint density at radius 1 is 1.12 bits per heavy atom. The number of aromatic nitrogens is 1. The molecule has 0 bridgehead atoms. The minimum absolute atomic E-state index is 0.0953. The van der Waals surface area contributed by atoms with E-state index >= 15 is 0 Å². The minimum atomic E-state index is -3.58. The van der Waals surface area contributed by atoms with E-state index in [0.717, 1.165) is 5.56 Å². The topological polar surface area (TPSA) is 86.7 Å². The van der Waals surface area contributed by atoms with Crippen LogP contribution in [-0.4, -0.2) is 19.2 Å². The zero-order chi connectivity index (χ0) is 17.0. The van der Waals surface area contributed by atoms with Crippen molar-refractivity contribution in [3.8, 4) is 11.5 Å². The third-order valence-electron chi connectivity index (χ3n) is 3.37. The molecule has 0 saturated heterocycles. The molecule has 126 valence electrons. The van der Waals surface area contributed by atoms with E-state index < -0.39 is 7.60 Å². The van der Waals surface area contributed by atoms with E-state index in [1.54, 1.807) is 12.3 Å². The molecule has 0 aliphatic heterocycles. The number of oxazole rings is 1. The molecule has 2 heterocycles. The molecule has 0 aliphatic carbocycles. The van der Waals surface area contributed by atoms with Gasteiger partial charge in [-0.3, -0.25) is 4.57 Å². The Balaban J connectivity index is 1.98. The predicted molar refractivity (Wildman–Crippen MR) is 89.2 cm³/mol. The standard InChI is InChI=1S/C16H17N2O5P/c1-20-24(19,21-2)16-15(17-11-13-9-6-10-22-13)23-14(18-16)12-7-4-3-5-8-12/h3-10,17H,11H2,1-2H3. The molecule has 0 fully saturated rings. The summed E-state index contributed by atoms with van der Waals surface area (Å²) in [7, 11) is -0.969. The van der Waals surface area contributed by atoms with Crippen LogP contribution in [0.2, 0.25) is 0 Å². The van der Waals surface area contributed by atoms with Crippen LogP contribution in [0.15, 0.2) is 57.6 Å². The number of hydrogen-bond donors (Lipinski definition) is 1. The summed E-state index contributed by atoms with van der Waals surface area (Å²) in [6.07, 6.45) is 1.57. The van der Waals surface area contributed by atoms with Gasteiger partial charge in [0.25, 0.3) is 0 Å². The Morgan fingerprint density at radius 2 is 1.88 bits per heavy atom. The lowest BCUT2D eigenvalue weighted by Crippen LogP contribution is -2.14. The predicted octanol–water partition coefficient (Wildman–Crippen LogP) is 3.66. The minimum Gasteiger partial charge on any atom is -0.467 e. The molecule has 0 saturated carbocycles. The first-order valence-electron chi connectivity index (χ1n) is 7.21. The van der Waals surface area contributed by atoms with Crippen LogP contribution in [0.25, 0.3) is 11.5 Å². The summed E-state index contributed by atoms with van der Waals surface area (Å²) < 4.78 is 33.9. The highest BCUT2D eigenvalue weighted by atomic mass is 31.2. The number of benzene rings is 1. The Kier molecular flexibility index (Phi) is 4.85. The molecule has 0 radical (unpaired) electrons. The molecule has 1 N–H and O–H groups in total. The summed E-state index contributed by atoms with van der Waals surface area (Å²) in [5, 5.41) is 3.03. The van der Waals surface area contributed by atoms with Crippen LogP contribution in [0, 0.1) is 0 Å². The molecule has 0 unspecified atom stereocenters. The van der Waals surface area contributed by atoms with Crippen molar-refractivity contribution in [3.63, 3.8) is 0 Å². The zero-order valence-corrected chi connectivity index (χ0v) is 14.2. The van der Waals surface area contributed by atoms with Gasteiger partial charge < -0.3 is 23.2 Å². The second kappa shape index (κ2) is 7.05. The Labute approximate surface area is 139 Å². The van der Waals surface area contributed by atoms with Crippen molar-refractivity contribution in [2.24, 2.45) is 0 Å². The fourth-order valence-corrected chi connectivity index (χ4v) is 3.23. The van der Waals surface area contributed by atoms with Crippen LogP contribution in [0.4, 0.5) is 5.88 Å². The number of furan rings is 1. The molecular formula is C16H17N2O5P. The quantitative estimate of drug-likeness (QED) is 0.652. The molecule has 1 aromatic carbocycles. The lowest BCUT2D eigenvalue weighted by Gasteiger charge is -2.11. The molecule has 7 nitrogen and oxygen atoms in total. The van der Waals surface area contributed by atoms with Gasteiger partial charge in [0.15, 0.2) is 0 Å². The maximum atomic E-state index is 12.7. The Morgan fingerprint density at radius 3 is 2.50 bits per heavy atom. The first-order valence-corrected chi connectivity index (χ1v) is 8.75. The maximum absolute atomic E-state index is 12.7. The van der Waals surface area contributed by atoms with E-state index in [1.165, 1.54) is 14.2 Å². The largest absolute Gasteiger partial charge is 0.467 e. The summed E-state index contributed by atoms with van der Waals surface area (Å²) in [5.41, 5.74) is 0.849.